The Hall–Kier alpha value is -0.300. The smallest absolute Gasteiger partial charge is 0.322 e. The molecule has 0 aliphatic carbocycles. The molecule has 5 nitrogen and oxygen atoms in total. The Bertz CT molecular complexity index is 180. The summed E-state index contributed by atoms with van der Waals surface area (Å²) in [6, 6.07) is -0.563. The second kappa shape index (κ2) is 11.2. The molecule has 0 spiro atoms. The van der Waals surface area contributed by atoms with Gasteiger partial charge >= 0.3 is 5.97 Å². The van der Waals surface area contributed by atoms with Crippen molar-refractivity contribution in [2.75, 3.05) is 39.3 Å². The van der Waals surface area contributed by atoms with Crippen molar-refractivity contribution in [1.29, 1.82) is 0 Å². The summed E-state index contributed by atoms with van der Waals surface area (Å²) < 4.78 is 15.0. The number of esters is 1. The molecule has 0 heterocycles. The summed E-state index contributed by atoms with van der Waals surface area (Å²) in [4.78, 5) is 11.2. The molecule has 0 aromatic rings. The topological polar surface area (TPSA) is 70.8 Å². The van der Waals surface area contributed by atoms with Crippen LogP contribution < -0.4 is 5.73 Å². The monoisotopic (exact) mass is 251 g/mol. The standard InChI is InChI=1S/C10H21NO4S/c1-13-6-7-14-4-2-5-15-10(12)9(11)3-8-16/h9,16H,2-8,11H2,1H3. The molecular formula is C10H21NO4S. The van der Waals surface area contributed by atoms with Crippen LogP contribution in [0.5, 0.6) is 0 Å². The van der Waals surface area contributed by atoms with Gasteiger partial charge in [0.2, 0.25) is 0 Å². The number of carbonyl (C=O) groups is 1. The average molecular weight is 251 g/mol. The van der Waals surface area contributed by atoms with E-state index in [0.717, 1.165) is 0 Å². The van der Waals surface area contributed by atoms with Crippen LogP contribution in [0.3, 0.4) is 0 Å². The van der Waals surface area contributed by atoms with Crippen molar-refractivity contribution in [1.82, 2.24) is 0 Å². The number of hydrogen-bond acceptors (Lipinski definition) is 6. The van der Waals surface area contributed by atoms with Gasteiger partial charge in [0.15, 0.2) is 0 Å². The second-order valence-corrected chi connectivity index (χ2v) is 3.69. The van der Waals surface area contributed by atoms with Gasteiger partial charge in [-0.1, -0.05) is 0 Å². The van der Waals surface area contributed by atoms with Crippen molar-refractivity contribution in [2.24, 2.45) is 5.73 Å². The molecule has 6 heteroatoms. The van der Waals surface area contributed by atoms with Crippen LogP contribution in [-0.2, 0) is 19.0 Å². The van der Waals surface area contributed by atoms with Crippen molar-refractivity contribution < 1.29 is 19.0 Å². The van der Waals surface area contributed by atoms with Crippen LogP contribution in [0.25, 0.3) is 0 Å². The number of hydrogen-bond donors (Lipinski definition) is 2. The number of ether oxygens (including phenoxy) is 3. The Morgan fingerprint density at radius 1 is 1.31 bits per heavy atom. The summed E-state index contributed by atoms with van der Waals surface area (Å²) in [7, 11) is 1.62. The van der Waals surface area contributed by atoms with Gasteiger partial charge in [-0.3, -0.25) is 4.79 Å². The Kier molecular flexibility index (Phi) is 11.0. The van der Waals surface area contributed by atoms with Crippen LogP contribution >= 0.6 is 12.6 Å². The van der Waals surface area contributed by atoms with Gasteiger partial charge in [-0.15, -0.1) is 0 Å². The van der Waals surface area contributed by atoms with Crippen molar-refractivity contribution in [2.45, 2.75) is 18.9 Å². The van der Waals surface area contributed by atoms with E-state index in [-0.39, 0.29) is 5.97 Å². The molecule has 0 aromatic carbocycles. The van der Waals surface area contributed by atoms with E-state index >= 15 is 0 Å². The summed E-state index contributed by atoms with van der Waals surface area (Å²) in [5.74, 6) is 0.210. The minimum absolute atomic E-state index is 0.339. The summed E-state index contributed by atoms with van der Waals surface area (Å²) >= 11 is 3.99. The van der Waals surface area contributed by atoms with Gasteiger partial charge < -0.3 is 19.9 Å². The molecule has 1 unspecified atom stereocenters. The first kappa shape index (κ1) is 15.7. The summed E-state index contributed by atoms with van der Waals surface area (Å²) in [6.07, 6.45) is 1.20. The van der Waals surface area contributed by atoms with Gasteiger partial charge in [0.1, 0.15) is 6.04 Å². The average Bonchev–Trinajstić information content (AvgIpc) is 2.28. The Labute approximate surface area is 102 Å². The molecule has 2 N–H and O–H groups in total. The molecule has 16 heavy (non-hydrogen) atoms. The van der Waals surface area contributed by atoms with Crippen LogP contribution in [-0.4, -0.2) is 51.3 Å². The highest BCUT2D eigenvalue weighted by Gasteiger charge is 2.13. The predicted octanol–water partition coefficient (Wildman–Crippen LogP) is 0.230. The van der Waals surface area contributed by atoms with E-state index in [1.165, 1.54) is 0 Å². The van der Waals surface area contributed by atoms with Crippen LogP contribution in [0.4, 0.5) is 0 Å². The summed E-state index contributed by atoms with van der Waals surface area (Å²) in [6.45, 7) is 2.03. The minimum atomic E-state index is -0.563. The molecule has 0 saturated heterocycles. The largest absolute Gasteiger partial charge is 0.464 e. The molecule has 0 amide bonds. The molecular weight excluding hydrogens is 230 g/mol. The zero-order valence-corrected chi connectivity index (χ0v) is 10.6. The highest BCUT2D eigenvalue weighted by atomic mass is 32.1. The van der Waals surface area contributed by atoms with Crippen LogP contribution in [0.2, 0.25) is 0 Å². The zero-order valence-electron chi connectivity index (χ0n) is 9.68. The third-order valence-electron chi connectivity index (χ3n) is 1.85. The minimum Gasteiger partial charge on any atom is -0.464 e. The molecule has 0 rings (SSSR count). The van der Waals surface area contributed by atoms with E-state index < -0.39 is 6.04 Å². The fourth-order valence-corrected chi connectivity index (χ4v) is 1.22. The fourth-order valence-electron chi connectivity index (χ4n) is 0.942. The normalized spacial score (nSPS) is 12.4. The molecule has 0 bridgehead atoms. The van der Waals surface area contributed by atoms with Gasteiger partial charge in [-0.2, -0.15) is 12.6 Å². The Balaban J connectivity index is 3.27. The first-order valence-corrected chi connectivity index (χ1v) is 5.95. The molecule has 0 aromatic heterocycles. The first-order chi connectivity index (χ1) is 7.72. The van der Waals surface area contributed by atoms with Crippen LogP contribution in [0.15, 0.2) is 0 Å². The lowest BCUT2D eigenvalue weighted by atomic mass is 10.2. The lowest BCUT2D eigenvalue weighted by Crippen LogP contribution is -2.33. The second-order valence-electron chi connectivity index (χ2n) is 3.24. The third-order valence-corrected chi connectivity index (χ3v) is 2.11. The van der Waals surface area contributed by atoms with Crippen molar-refractivity contribution in [3.05, 3.63) is 0 Å². The van der Waals surface area contributed by atoms with E-state index in [1.54, 1.807) is 7.11 Å². The molecule has 0 fully saturated rings. The van der Waals surface area contributed by atoms with E-state index in [1.807, 2.05) is 0 Å². The molecule has 0 radical (unpaired) electrons. The lowest BCUT2D eigenvalue weighted by molar-refractivity contribution is -0.145. The maximum absolute atomic E-state index is 11.2. The number of carbonyl (C=O) groups excluding carboxylic acids is 1. The Morgan fingerprint density at radius 2 is 2.06 bits per heavy atom. The highest BCUT2D eigenvalue weighted by molar-refractivity contribution is 7.80. The van der Waals surface area contributed by atoms with Crippen molar-refractivity contribution in [3.63, 3.8) is 0 Å². The SMILES string of the molecule is COCCOCCCOC(=O)C(N)CCS. The number of nitrogens with two attached hydrogens (primary N) is 1. The van der Waals surface area contributed by atoms with Gasteiger partial charge in [0.05, 0.1) is 19.8 Å². The van der Waals surface area contributed by atoms with Gasteiger partial charge in [-0.25, -0.2) is 0 Å². The highest BCUT2D eigenvalue weighted by Crippen LogP contribution is 1.95. The van der Waals surface area contributed by atoms with Crippen LogP contribution in [0.1, 0.15) is 12.8 Å². The molecule has 0 aliphatic rings. The summed E-state index contributed by atoms with van der Waals surface area (Å²) in [5.41, 5.74) is 5.54. The molecule has 1 atom stereocenters. The first-order valence-electron chi connectivity index (χ1n) is 5.32. The van der Waals surface area contributed by atoms with Gasteiger partial charge in [0, 0.05) is 20.1 Å². The number of thiol groups is 1. The molecule has 96 valence electrons. The van der Waals surface area contributed by atoms with Crippen molar-refractivity contribution >= 4 is 18.6 Å². The van der Waals surface area contributed by atoms with E-state index in [4.69, 9.17) is 19.9 Å². The van der Waals surface area contributed by atoms with E-state index in [9.17, 15) is 4.79 Å². The zero-order chi connectivity index (χ0) is 12.2. The van der Waals surface area contributed by atoms with Crippen molar-refractivity contribution in [3.8, 4) is 0 Å². The van der Waals surface area contributed by atoms with E-state index in [2.05, 4.69) is 12.6 Å². The fraction of sp³-hybridized carbons (Fsp3) is 0.900. The van der Waals surface area contributed by atoms with Gasteiger partial charge in [-0.05, 0) is 12.2 Å². The predicted molar refractivity (Wildman–Crippen MR) is 64.7 cm³/mol. The molecule has 0 aliphatic heterocycles. The maximum atomic E-state index is 11.2. The lowest BCUT2D eigenvalue weighted by Gasteiger charge is -2.10. The number of rotatable bonds is 10. The van der Waals surface area contributed by atoms with Gasteiger partial charge in [0.25, 0.3) is 0 Å². The summed E-state index contributed by atoms with van der Waals surface area (Å²) in [5, 5.41) is 0. The maximum Gasteiger partial charge on any atom is 0.322 e. The quantitative estimate of drug-likeness (QED) is 0.330. The third kappa shape index (κ3) is 8.96. The Morgan fingerprint density at radius 3 is 2.69 bits per heavy atom. The number of methoxy groups -OCH3 is 1. The molecule has 0 saturated carbocycles. The van der Waals surface area contributed by atoms with E-state index in [0.29, 0.717) is 45.0 Å². The van der Waals surface area contributed by atoms with Crippen LogP contribution in [0, 0.1) is 0 Å².